The highest BCUT2D eigenvalue weighted by Crippen LogP contribution is 2.24. The van der Waals surface area contributed by atoms with Crippen molar-refractivity contribution in [1.29, 1.82) is 0 Å². The second kappa shape index (κ2) is 9.26. The van der Waals surface area contributed by atoms with Gasteiger partial charge in [-0.1, -0.05) is 48.5 Å². The first-order valence-corrected chi connectivity index (χ1v) is 10.1. The van der Waals surface area contributed by atoms with E-state index in [0.29, 0.717) is 11.7 Å². The summed E-state index contributed by atoms with van der Waals surface area (Å²) in [5.41, 5.74) is 4.48. The molecular formula is C24H23N3OS. The standard InChI is InChI=1S/C24H23N3OS/c29-24(27-20-9-5-2-6-10-20)25-14-13-19-16-26-23-15-21(11-12-22(19)23)28-17-18-7-3-1-4-8-18/h1-12,15-16,26H,13-14,17H2,(H2,25,27,29). The SMILES string of the molecule is S=C(NCCc1c[nH]c2cc(OCc3ccccc3)ccc12)Nc1ccccc1. The Labute approximate surface area is 175 Å². The predicted octanol–water partition coefficient (Wildman–Crippen LogP) is 5.28. The van der Waals surface area contributed by atoms with Gasteiger partial charge in [-0.3, -0.25) is 0 Å². The highest BCUT2D eigenvalue weighted by atomic mass is 32.1. The van der Waals surface area contributed by atoms with Crippen LogP contribution in [0.5, 0.6) is 5.75 Å². The number of nitrogens with one attached hydrogen (secondary N) is 3. The number of para-hydroxylation sites is 1. The first kappa shape index (κ1) is 19.0. The molecule has 0 aliphatic carbocycles. The van der Waals surface area contributed by atoms with Crippen LogP contribution in [0.3, 0.4) is 0 Å². The average molecular weight is 402 g/mol. The third-order valence-electron chi connectivity index (χ3n) is 4.70. The summed E-state index contributed by atoms with van der Waals surface area (Å²) in [6, 6.07) is 26.3. The lowest BCUT2D eigenvalue weighted by atomic mass is 10.1. The lowest BCUT2D eigenvalue weighted by Gasteiger charge is -2.10. The van der Waals surface area contributed by atoms with Gasteiger partial charge in [0.1, 0.15) is 12.4 Å². The molecule has 4 nitrogen and oxygen atoms in total. The monoisotopic (exact) mass is 401 g/mol. The Bertz CT molecular complexity index is 1080. The summed E-state index contributed by atoms with van der Waals surface area (Å²) in [6.45, 7) is 1.33. The van der Waals surface area contributed by atoms with E-state index in [4.69, 9.17) is 17.0 Å². The number of aromatic nitrogens is 1. The third kappa shape index (κ3) is 5.15. The molecule has 0 radical (unpaired) electrons. The van der Waals surface area contributed by atoms with E-state index in [0.717, 1.165) is 35.5 Å². The Balaban J connectivity index is 1.31. The summed E-state index contributed by atoms with van der Waals surface area (Å²) in [4.78, 5) is 3.35. The molecule has 1 aromatic heterocycles. The summed E-state index contributed by atoms with van der Waals surface area (Å²) in [7, 11) is 0. The number of ether oxygens (including phenoxy) is 1. The maximum atomic E-state index is 5.92. The Morgan fingerprint density at radius 2 is 1.69 bits per heavy atom. The van der Waals surface area contributed by atoms with Crippen molar-refractivity contribution in [2.24, 2.45) is 0 Å². The molecule has 0 unspecified atom stereocenters. The summed E-state index contributed by atoms with van der Waals surface area (Å²) < 4.78 is 5.92. The summed E-state index contributed by atoms with van der Waals surface area (Å²) in [6.07, 6.45) is 2.93. The van der Waals surface area contributed by atoms with Crippen LogP contribution in [0, 0.1) is 0 Å². The van der Waals surface area contributed by atoms with Crippen LogP contribution < -0.4 is 15.4 Å². The van der Waals surface area contributed by atoms with E-state index in [1.54, 1.807) is 0 Å². The molecule has 1 heterocycles. The van der Waals surface area contributed by atoms with Crippen LogP contribution in [0.4, 0.5) is 5.69 Å². The van der Waals surface area contributed by atoms with E-state index in [-0.39, 0.29) is 0 Å². The second-order valence-corrected chi connectivity index (χ2v) is 7.20. The Kier molecular flexibility index (Phi) is 6.07. The number of hydrogen-bond donors (Lipinski definition) is 3. The third-order valence-corrected chi connectivity index (χ3v) is 4.95. The maximum Gasteiger partial charge on any atom is 0.170 e. The van der Waals surface area contributed by atoms with Gasteiger partial charge in [-0.05, 0) is 54.0 Å². The molecule has 0 saturated carbocycles. The van der Waals surface area contributed by atoms with Gasteiger partial charge in [0, 0.05) is 35.4 Å². The van der Waals surface area contributed by atoms with Gasteiger partial charge in [0.2, 0.25) is 0 Å². The van der Waals surface area contributed by atoms with Crippen LogP contribution in [-0.2, 0) is 13.0 Å². The van der Waals surface area contributed by atoms with Crippen LogP contribution in [-0.4, -0.2) is 16.6 Å². The highest BCUT2D eigenvalue weighted by molar-refractivity contribution is 7.80. The molecule has 0 atom stereocenters. The molecule has 3 aromatic carbocycles. The summed E-state index contributed by atoms with van der Waals surface area (Å²) in [5.74, 6) is 0.862. The molecular weight excluding hydrogens is 378 g/mol. The average Bonchev–Trinajstić information content (AvgIpc) is 3.16. The molecule has 0 aliphatic heterocycles. The van der Waals surface area contributed by atoms with Crippen molar-refractivity contribution in [1.82, 2.24) is 10.3 Å². The van der Waals surface area contributed by atoms with Crippen molar-refractivity contribution in [3.63, 3.8) is 0 Å². The lowest BCUT2D eigenvalue weighted by Crippen LogP contribution is -2.30. The molecule has 3 N–H and O–H groups in total. The molecule has 29 heavy (non-hydrogen) atoms. The van der Waals surface area contributed by atoms with Crippen LogP contribution in [0.25, 0.3) is 10.9 Å². The normalized spacial score (nSPS) is 10.6. The minimum Gasteiger partial charge on any atom is -0.489 e. The molecule has 0 bridgehead atoms. The van der Waals surface area contributed by atoms with Crippen LogP contribution in [0.2, 0.25) is 0 Å². The molecule has 0 fully saturated rings. The second-order valence-electron chi connectivity index (χ2n) is 6.79. The molecule has 0 spiro atoms. The largest absolute Gasteiger partial charge is 0.489 e. The Morgan fingerprint density at radius 1 is 0.931 bits per heavy atom. The summed E-state index contributed by atoms with van der Waals surface area (Å²) in [5, 5.41) is 8.30. The van der Waals surface area contributed by atoms with Gasteiger partial charge >= 0.3 is 0 Å². The zero-order valence-electron chi connectivity index (χ0n) is 16.0. The minimum atomic E-state index is 0.565. The van der Waals surface area contributed by atoms with Crippen molar-refractivity contribution in [3.8, 4) is 5.75 Å². The van der Waals surface area contributed by atoms with E-state index in [1.165, 1.54) is 10.9 Å². The number of anilines is 1. The number of rotatable bonds is 7. The van der Waals surface area contributed by atoms with E-state index in [9.17, 15) is 0 Å². The first-order valence-electron chi connectivity index (χ1n) is 9.64. The number of H-pyrrole nitrogens is 1. The molecule has 5 heteroatoms. The fourth-order valence-corrected chi connectivity index (χ4v) is 3.43. The fourth-order valence-electron chi connectivity index (χ4n) is 3.21. The molecule has 0 aliphatic rings. The van der Waals surface area contributed by atoms with Gasteiger partial charge < -0.3 is 20.4 Å². The van der Waals surface area contributed by atoms with Crippen molar-refractivity contribution in [2.75, 3.05) is 11.9 Å². The van der Waals surface area contributed by atoms with E-state index in [2.05, 4.69) is 46.1 Å². The maximum absolute atomic E-state index is 5.92. The van der Waals surface area contributed by atoms with Gasteiger partial charge in [-0.25, -0.2) is 0 Å². The van der Waals surface area contributed by atoms with Gasteiger partial charge in [0.15, 0.2) is 5.11 Å². The van der Waals surface area contributed by atoms with Crippen molar-refractivity contribution >= 4 is 33.9 Å². The highest BCUT2D eigenvalue weighted by Gasteiger charge is 2.06. The quantitative estimate of drug-likeness (QED) is 0.369. The number of fused-ring (bicyclic) bond motifs is 1. The number of benzene rings is 3. The molecule has 0 saturated heterocycles. The fraction of sp³-hybridized carbons (Fsp3) is 0.125. The zero-order valence-corrected chi connectivity index (χ0v) is 16.8. The van der Waals surface area contributed by atoms with Gasteiger partial charge in [-0.2, -0.15) is 0 Å². The van der Waals surface area contributed by atoms with Crippen LogP contribution in [0.1, 0.15) is 11.1 Å². The molecule has 4 aromatic rings. The van der Waals surface area contributed by atoms with E-state index >= 15 is 0 Å². The van der Waals surface area contributed by atoms with Gasteiger partial charge in [0.25, 0.3) is 0 Å². The van der Waals surface area contributed by atoms with E-state index in [1.807, 2.05) is 54.6 Å². The first-order chi connectivity index (χ1) is 14.3. The smallest absolute Gasteiger partial charge is 0.170 e. The zero-order chi connectivity index (χ0) is 19.9. The minimum absolute atomic E-state index is 0.565. The van der Waals surface area contributed by atoms with Crippen molar-refractivity contribution in [3.05, 3.63) is 96.2 Å². The Hall–Kier alpha value is -3.31. The van der Waals surface area contributed by atoms with Gasteiger partial charge in [0.05, 0.1) is 0 Å². The number of hydrogen-bond acceptors (Lipinski definition) is 2. The topological polar surface area (TPSA) is 49.1 Å². The summed E-state index contributed by atoms with van der Waals surface area (Å²) >= 11 is 5.37. The van der Waals surface area contributed by atoms with Crippen molar-refractivity contribution in [2.45, 2.75) is 13.0 Å². The Morgan fingerprint density at radius 3 is 2.48 bits per heavy atom. The van der Waals surface area contributed by atoms with Crippen LogP contribution >= 0.6 is 12.2 Å². The number of aromatic amines is 1. The van der Waals surface area contributed by atoms with Gasteiger partial charge in [-0.15, -0.1) is 0 Å². The molecule has 4 rings (SSSR count). The number of thiocarbonyl (C=S) groups is 1. The van der Waals surface area contributed by atoms with Crippen LogP contribution in [0.15, 0.2) is 85.1 Å². The predicted molar refractivity (Wildman–Crippen MR) is 123 cm³/mol. The molecule has 0 amide bonds. The lowest BCUT2D eigenvalue weighted by molar-refractivity contribution is 0.306. The van der Waals surface area contributed by atoms with E-state index < -0.39 is 0 Å². The van der Waals surface area contributed by atoms with Crippen molar-refractivity contribution < 1.29 is 4.74 Å². The molecule has 146 valence electrons.